The largest absolute Gasteiger partial charge is 0.313 e. The predicted octanol–water partition coefficient (Wildman–Crippen LogP) is 2.68. The Labute approximate surface area is 102 Å². The Morgan fingerprint density at radius 1 is 1.35 bits per heavy atom. The normalized spacial score (nSPS) is 10.7. The molecule has 0 saturated heterocycles. The average molecular weight is 229 g/mol. The van der Waals surface area contributed by atoms with Gasteiger partial charge in [0.25, 0.3) is 0 Å². The highest BCUT2D eigenvalue weighted by molar-refractivity contribution is 5.42. The zero-order valence-corrected chi connectivity index (χ0v) is 10.5. The third kappa shape index (κ3) is 2.94. The van der Waals surface area contributed by atoms with E-state index in [9.17, 15) is 0 Å². The fourth-order valence-corrected chi connectivity index (χ4v) is 1.83. The van der Waals surface area contributed by atoms with E-state index in [2.05, 4.69) is 42.5 Å². The number of hydrogen-bond donors (Lipinski definition) is 1. The van der Waals surface area contributed by atoms with Crippen molar-refractivity contribution in [2.24, 2.45) is 0 Å². The first kappa shape index (κ1) is 11.9. The highest BCUT2D eigenvalue weighted by Gasteiger charge is 2.02. The molecule has 0 aliphatic heterocycles. The maximum Gasteiger partial charge on any atom is 0.0677 e. The van der Waals surface area contributed by atoms with E-state index in [4.69, 9.17) is 0 Å². The Balaban J connectivity index is 2.18. The quantitative estimate of drug-likeness (QED) is 0.799. The van der Waals surface area contributed by atoms with Gasteiger partial charge in [-0.05, 0) is 43.1 Å². The molecule has 2 rings (SSSR count). The van der Waals surface area contributed by atoms with Crippen molar-refractivity contribution in [1.82, 2.24) is 15.1 Å². The number of aromatic nitrogens is 2. The van der Waals surface area contributed by atoms with Gasteiger partial charge >= 0.3 is 0 Å². The number of nitrogens with zero attached hydrogens (tertiary/aromatic N) is 2. The minimum atomic E-state index is 0.919. The van der Waals surface area contributed by atoms with Crippen molar-refractivity contribution < 1.29 is 0 Å². The van der Waals surface area contributed by atoms with E-state index in [1.165, 1.54) is 11.1 Å². The Bertz CT molecular complexity index is 460. The van der Waals surface area contributed by atoms with Gasteiger partial charge in [0.05, 0.1) is 5.69 Å². The molecule has 0 amide bonds. The van der Waals surface area contributed by atoms with Crippen LogP contribution in [0.15, 0.2) is 36.7 Å². The third-order valence-corrected chi connectivity index (χ3v) is 2.78. The first-order chi connectivity index (χ1) is 8.31. The first-order valence-corrected chi connectivity index (χ1v) is 6.11. The van der Waals surface area contributed by atoms with Gasteiger partial charge in [-0.3, -0.25) is 0 Å². The van der Waals surface area contributed by atoms with Crippen molar-refractivity contribution >= 4 is 0 Å². The third-order valence-electron chi connectivity index (χ3n) is 2.78. The molecular formula is C14H19N3. The summed E-state index contributed by atoms with van der Waals surface area (Å²) < 4.78 is 1.92. The number of nitrogens with one attached hydrogen (secondary N) is 1. The molecule has 1 heterocycles. The molecule has 2 aromatic rings. The number of rotatable bonds is 5. The summed E-state index contributed by atoms with van der Waals surface area (Å²) in [4.78, 5) is 0. The molecule has 1 N–H and O–H groups in total. The van der Waals surface area contributed by atoms with Crippen LogP contribution in [0.25, 0.3) is 5.69 Å². The molecule has 0 aliphatic rings. The zero-order chi connectivity index (χ0) is 12.1. The first-order valence-electron chi connectivity index (χ1n) is 6.11. The molecule has 0 bridgehead atoms. The molecule has 0 atom stereocenters. The molecule has 0 aliphatic carbocycles. The van der Waals surface area contributed by atoms with Crippen molar-refractivity contribution in [3.8, 4) is 5.69 Å². The number of benzene rings is 1. The highest BCUT2D eigenvalue weighted by Crippen LogP contribution is 2.15. The molecule has 0 spiro atoms. The number of aryl methyl sites for hydroxylation is 1. The molecule has 90 valence electrons. The number of hydrogen-bond acceptors (Lipinski definition) is 2. The molecule has 17 heavy (non-hydrogen) atoms. The van der Waals surface area contributed by atoms with Crippen molar-refractivity contribution in [3.63, 3.8) is 0 Å². The minimum Gasteiger partial charge on any atom is -0.313 e. The highest BCUT2D eigenvalue weighted by atomic mass is 15.3. The molecule has 3 nitrogen and oxygen atoms in total. The van der Waals surface area contributed by atoms with Gasteiger partial charge in [-0.15, -0.1) is 0 Å². The summed E-state index contributed by atoms with van der Waals surface area (Å²) >= 11 is 0. The second-order valence-electron chi connectivity index (χ2n) is 4.25. The molecule has 0 unspecified atom stereocenters. The Morgan fingerprint density at radius 2 is 2.24 bits per heavy atom. The van der Waals surface area contributed by atoms with Crippen LogP contribution in [0.1, 0.15) is 24.5 Å². The Morgan fingerprint density at radius 3 is 2.94 bits per heavy atom. The van der Waals surface area contributed by atoms with E-state index in [0.717, 1.165) is 25.2 Å². The summed E-state index contributed by atoms with van der Waals surface area (Å²) in [7, 11) is 0. The lowest BCUT2D eigenvalue weighted by Gasteiger charge is -2.09. The topological polar surface area (TPSA) is 29.9 Å². The van der Waals surface area contributed by atoms with Crippen LogP contribution in [0.3, 0.4) is 0 Å². The lowest BCUT2D eigenvalue weighted by Crippen LogP contribution is -2.14. The van der Waals surface area contributed by atoms with Crippen LogP contribution < -0.4 is 5.32 Å². The molecule has 0 radical (unpaired) electrons. The lowest BCUT2D eigenvalue weighted by molar-refractivity contribution is 0.674. The van der Waals surface area contributed by atoms with Gasteiger partial charge in [0.1, 0.15) is 0 Å². The van der Waals surface area contributed by atoms with E-state index in [1.807, 2.05) is 16.9 Å². The van der Waals surface area contributed by atoms with E-state index < -0.39 is 0 Å². The van der Waals surface area contributed by atoms with Crippen molar-refractivity contribution in [2.75, 3.05) is 6.54 Å². The SMILES string of the molecule is CCCNCc1ccc(C)c(-n2cccn2)c1. The van der Waals surface area contributed by atoms with Crippen LogP contribution in [0.5, 0.6) is 0 Å². The van der Waals surface area contributed by atoms with E-state index >= 15 is 0 Å². The van der Waals surface area contributed by atoms with Gasteiger partial charge in [0, 0.05) is 18.9 Å². The average Bonchev–Trinajstić information content (AvgIpc) is 2.85. The van der Waals surface area contributed by atoms with Crippen molar-refractivity contribution in [3.05, 3.63) is 47.8 Å². The lowest BCUT2D eigenvalue weighted by atomic mass is 10.1. The summed E-state index contributed by atoms with van der Waals surface area (Å²) in [6.07, 6.45) is 4.95. The zero-order valence-electron chi connectivity index (χ0n) is 10.5. The van der Waals surface area contributed by atoms with Crippen LogP contribution in [-0.4, -0.2) is 16.3 Å². The monoisotopic (exact) mass is 229 g/mol. The second kappa shape index (κ2) is 5.64. The van der Waals surface area contributed by atoms with Crippen LogP contribution in [0.2, 0.25) is 0 Å². The fourth-order valence-electron chi connectivity index (χ4n) is 1.83. The molecule has 1 aromatic carbocycles. The summed E-state index contributed by atoms with van der Waals surface area (Å²) in [6.45, 7) is 6.27. The summed E-state index contributed by atoms with van der Waals surface area (Å²) in [6, 6.07) is 8.47. The fraction of sp³-hybridized carbons (Fsp3) is 0.357. The predicted molar refractivity (Wildman–Crippen MR) is 70.3 cm³/mol. The molecule has 0 fully saturated rings. The van der Waals surface area contributed by atoms with Gasteiger partial charge in [-0.2, -0.15) is 5.10 Å². The second-order valence-corrected chi connectivity index (χ2v) is 4.25. The van der Waals surface area contributed by atoms with Crippen LogP contribution in [0, 0.1) is 6.92 Å². The Kier molecular flexibility index (Phi) is 3.94. The van der Waals surface area contributed by atoms with E-state index in [0.29, 0.717) is 0 Å². The van der Waals surface area contributed by atoms with Crippen LogP contribution >= 0.6 is 0 Å². The minimum absolute atomic E-state index is 0.919. The van der Waals surface area contributed by atoms with Gasteiger partial charge in [-0.1, -0.05) is 19.1 Å². The molecular weight excluding hydrogens is 210 g/mol. The maximum absolute atomic E-state index is 4.28. The van der Waals surface area contributed by atoms with Crippen molar-refractivity contribution in [1.29, 1.82) is 0 Å². The molecule has 1 aromatic heterocycles. The van der Waals surface area contributed by atoms with Gasteiger partial charge in [0.15, 0.2) is 0 Å². The van der Waals surface area contributed by atoms with E-state index in [-0.39, 0.29) is 0 Å². The summed E-state index contributed by atoms with van der Waals surface area (Å²) in [5, 5.41) is 7.69. The summed E-state index contributed by atoms with van der Waals surface area (Å²) in [5.74, 6) is 0. The molecule has 3 heteroatoms. The van der Waals surface area contributed by atoms with Crippen LogP contribution in [0.4, 0.5) is 0 Å². The van der Waals surface area contributed by atoms with Gasteiger partial charge in [-0.25, -0.2) is 4.68 Å². The standard InChI is InChI=1S/C14H19N3/c1-3-7-15-11-13-6-5-12(2)14(10-13)17-9-4-8-16-17/h4-6,8-10,15H,3,7,11H2,1-2H3. The van der Waals surface area contributed by atoms with Gasteiger partial charge in [0.2, 0.25) is 0 Å². The van der Waals surface area contributed by atoms with Crippen molar-refractivity contribution in [2.45, 2.75) is 26.8 Å². The Hall–Kier alpha value is -1.61. The van der Waals surface area contributed by atoms with Gasteiger partial charge < -0.3 is 5.32 Å². The van der Waals surface area contributed by atoms with Crippen LogP contribution in [-0.2, 0) is 6.54 Å². The smallest absolute Gasteiger partial charge is 0.0677 e. The maximum atomic E-state index is 4.28. The van der Waals surface area contributed by atoms with E-state index in [1.54, 1.807) is 6.20 Å². The molecule has 0 saturated carbocycles. The summed E-state index contributed by atoms with van der Waals surface area (Å²) in [5.41, 5.74) is 3.70.